The summed E-state index contributed by atoms with van der Waals surface area (Å²) < 4.78 is 47.7. The van der Waals surface area contributed by atoms with Gasteiger partial charge in [-0.25, -0.2) is 9.18 Å². The molecule has 1 aliphatic heterocycles. The summed E-state index contributed by atoms with van der Waals surface area (Å²) in [7, 11) is 2.96. The maximum Gasteiger partial charge on any atom is 0.406 e. The molecule has 0 spiro atoms. The van der Waals surface area contributed by atoms with Gasteiger partial charge in [0.15, 0.2) is 0 Å². The van der Waals surface area contributed by atoms with Crippen LogP contribution in [0.1, 0.15) is 35.4 Å². The average Bonchev–Trinajstić information content (AvgIpc) is 3.06. The molecule has 1 heterocycles. The molecule has 9 nitrogen and oxygen atoms in total. The van der Waals surface area contributed by atoms with Gasteiger partial charge in [0.25, 0.3) is 0 Å². The number of carbonyl (C=O) groups is 1. The van der Waals surface area contributed by atoms with Crippen LogP contribution >= 0.6 is 0 Å². The molecule has 0 bridgehead atoms. The predicted octanol–water partition coefficient (Wildman–Crippen LogP) is 5.26. The van der Waals surface area contributed by atoms with E-state index in [1.165, 1.54) is 24.8 Å². The second kappa shape index (κ2) is 18.1. The molecule has 2 unspecified atom stereocenters. The van der Waals surface area contributed by atoms with E-state index in [2.05, 4.69) is 27.5 Å². The topological polar surface area (TPSA) is 96.5 Å². The van der Waals surface area contributed by atoms with Gasteiger partial charge in [-0.15, -0.1) is 0 Å². The molecule has 238 valence electrons. The Kier molecular flexibility index (Phi) is 13.6. The number of methoxy groups -OCH3 is 2. The van der Waals surface area contributed by atoms with E-state index >= 15 is 0 Å². The van der Waals surface area contributed by atoms with E-state index in [0.29, 0.717) is 57.3 Å². The highest BCUT2D eigenvalue weighted by molar-refractivity contribution is 5.66. The summed E-state index contributed by atoms with van der Waals surface area (Å²) in [5.74, 6) is 2.12. The van der Waals surface area contributed by atoms with Crippen molar-refractivity contribution in [3.05, 3.63) is 89.2 Å². The highest BCUT2D eigenvalue weighted by Crippen LogP contribution is 2.29. The van der Waals surface area contributed by atoms with E-state index in [1.807, 2.05) is 36.4 Å². The fraction of sp³-hybridized carbons (Fsp3) is 0.441. The van der Waals surface area contributed by atoms with E-state index in [4.69, 9.17) is 23.7 Å². The van der Waals surface area contributed by atoms with Crippen LogP contribution in [-0.4, -0.2) is 72.5 Å². The minimum Gasteiger partial charge on any atom is -0.496 e. The van der Waals surface area contributed by atoms with Crippen LogP contribution in [0.15, 0.2) is 66.7 Å². The third-order valence-electron chi connectivity index (χ3n) is 7.43. The highest BCUT2D eigenvalue weighted by Gasteiger charge is 2.27. The lowest BCUT2D eigenvalue weighted by atomic mass is 9.88. The molecule has 0 saturated carbocycles. The van der Waals surface area contributed by atoms with Crippen LogP contribution in [0.5, 0.6) is 17.2 Å². The van der Waals surface area contributed by atoms with Gasteiger partial charge in [-0.3, -0.25) is 0 Å². The lowest BCUT2D eigenvalue weighted by molar-refractivity contribution is 0.00720. The van der Waals surface area contributed by atoms with Gasteiger partial charge in [0.2, 0.25) is 0 Å². The van der Waals surface area contributed by atoms with Crippen LogP contribution in [0.25, 0.3) is 0 Å². The summed E-state index contributed by atoms with van der Waals surface area (Å²) in [4.78, 5) is 11.3. The molecular formula is C34H43FN2O7. The molecule has 3 aromatic carbocycles. The van der Waals surface area contributed by atoms with Gasteiger partial charge in [0.05, 0.1) is 46.8 Å². The first-order valence-electron chi connectivity index (χ1n) is 15.0. The normalized spacial score (nSPS) is 16.2. The number of para-hydroxylation sites is 1. The molecular weight excluding hydrogens is 567 g/mol. The number of ether oxygens (including phenoxy) is 6. The van der Waals surface area contributed by atoms with Crippen LogP contribution in [-0.2, 0) is 27.2 Å². The van der Waals surface area contributed by atoms with Crippen molar-refractivity contribution < 1.29 is 37.6 Å². The number of piperidine rings is 1. The minimum atomic E-state index is -0.530. The molecule has 1 aliphatic rings. The number of amides is 1. The number of hydrogen-bond acceptors (Lipinski definition) is 8. The number of alkyl carbamates (subject to hydrolysis) is 1. The fourth-order valence-electron chi connectivity index (χ4n) is 5.16. The molecule has 0 aliphatic carbocycles. The van der Waals surface area contributed by atoms with E-state index in [-0.39, 0.29) is 17.8 Å². The van der Waals surface area contributed by atoms with E-state index < -0.39 is 6.09 Å². The molecule has 44 heavy (non-hydrogen) atoms. The molecule has 2 atom stereocenters. The SMILES string of the molecule is COC(=O)NCCc1cc(F)ccc1OCCOC1CNCCC1c1ccc(OCCCOCc2ccccc2OC)cc1. The summed E-state index contributed by atoms with van der Waals surface area (Å²) in [6.45, 7) is 4.37. The van der Waals surface area contributed by atoms with Gasteiger partial charge in [-0.05, 0) is 66.9 Å². The first-order valence-corrected chi connectivity index (χ1v) is 15.0. The van der Waals surface area contributed by atoms with Gasteiger partial charge in [-0.2, -0.15) is 0 Å². The zero-order chi connectivity index (χ0) is 31.0. The first kappa shape index (κ1) is 33.0. The van der Waals surface area contributed by atoms with Crippen molar-refractivity contribution in [2.45, 2.75) is 37.9 Å². The Labute approximate surface area is 258 Å². The molecule has 4 rings (SSSR count). The second-order valence-corrected chi connectivity index (χ2v) is 10.4. The predicted molar refractivity (Wildman–Crippen MR) is 165 cm³/mol. The van der Waals surface area contributed by atoms with E-state index in [1.54, 1.807) is 13.2 Å². The van der Waals surface area contributed by atoms with Crippen LogP contribution in [0, 0.1) is 5.82 Å². The number of benzene rings is 3. The Balaban J connectivity index is 1.18. The molecule has 0 radical (unpaired) electrons. The smallest absolute Gasteiger partial charge is 0.406 e. The number of rotatable bonds is 17. The van der Waals surface area contributed by atoms with Crippen LogP contribution in [0.4, 0.5) is 9.18 Å². The van der Waals surface area contributed by atoms with Gasteiger partial charge in [0.1, 0.15) is 29.7 Å². The zero-order valence-corrected chi connectivity index (χ0v) is 25.5. The molecule has 2 N–H and O–H groups in total. The Hall–Kier alpha value is -3.86. The third kappa shape index (κ3) is 10.4. The monoisotopic (exact) mass is 610 g/mol. The third-order valence-corrected chi connectivity index (χ3v) is 7.43. The maximum absolute atomic E-state index is 13.8. The number of halogens is 1. The van der Waals surface area contributed by atoms with Crippen LogP contribution in [0.3, 0.4) is 0 Å². The Bertz CT molecular complexity index is 1290. The number of hydrogen-bond donors (Lipinski definition) is 2. The van der Waals surface area contributed by atoms with Gasteiger partial charge < -0.3 is 39.1 Å². The van der Waals surface area contributed by atoms with Gasteiger partial charge in [-0.1, -0.05) is 30.3 Å². The van der Waals surface area contributed by atoms with Crippen molar-refractivity contribution in [1.29, 1.82) is 0 Å². The molecule has 3 aromatic rings. The van der Waals surface area contributed by atoms with Crippen LogP contribution < -0.4 is 24.8 Å². The second-order valence-electron chi connectivity index (χ2n) is 10.4. The molecule has 1 fully saturated rings. The zero-order valence-electron chi connectivity index (χ0n) is 25.5. The number of carbonyl (C=O) groups excluding carboxylic acids is 1. The standard InChI is InChI=1S/C34H43FN2O7/c1-39-31-7-4-3-6-27(31)24-41-18-5-19-42-29-11-8-25(9-12-29)30-15-16-36-23-33(30)44-21-20-43-32-13-10-28(35)22-26(32)14-17-37-34(38)40-2/h3-4,6-13,22,30,33,36H,5,14-21,23-24H2,1-2H3,(H,37,38). The van der Waals surface area contributed by atoms with Gasteiger partial charge in [0, 0.05) is 31.0 Å². The summed E-state index contributed by atoms with van der Waals surface area (Å²) in [5.41, 5.74) is 2.91. The molecule has 1 saturated heterocycles. The number of nitrogens with one attached hydrogen (secondary N) is 2. The van der Waals surface area contributed by atoms with Crippen molar-refractivity contribution in [2.24, 2.45) is 0 Å². The van der Waals surface area contributed by atoms with Crippen LogP contribution in [0.2, 0.25) is 0 Å². The quantitative estimate of drug-likeness (QED) is 0.200. The van der Waals surface area contributed by atoms with Crippen molar-refractivity contribution in [2.75, 3.05) is 60.3 Å². The lowest BCUT2D eigenvalue weighted by Gasteiger charge is -2.32. The minimum absolute atomic E-state index is 0.00329. The lowest BCUT2D eigenvalue weighted by Crippen LogP contribution is -2.41. The Morgan fingerprint density at radius 3 is 2.59 bits per heavy atom. The molecule has 10 heteroatoms. The molecule has 0 aromatic heterocycles. The summed E-state index contributed by atoms with van der Waals surface area (Å²) in [6.07, 6.45) is 1.63. The largest absolute Gasteiger partial charge is 0.496 e. The maximum atomic E-state index is 13.8. The first-order chi connectivity index (χ1) is 21.6. The summed E-state index contributed by atoms with van der Waals surface area (Å²) in [6, 6.07) is 20.5. The Morgan fingerprint density at radius 2 is 1.77 bits per heavy atom. The summed E-state index contributed by atoms with van der Waals surface area (Å²) >= 11 is 0. The molecule has 1 amide bonds. The summed E-state index contributed by atoms with van der Waals surface area (Å²) in [5, 5.41) is 6.02. The van der Waals surface area contributed by atoms with Crippen molar-refractivity contribution >= 4 is 6.09 Å². The van der Waals surface area contributed by atoms with Crippen molar-refractivity contribution in [3.8, 4) is 17.2 Å². The van der Waals surface area contributed by atoms with Gasteiger partial charge >= 0.3 is 6.09 Å². The van der Waals surface area contributed by atoms with E-state index in [9.17, 15) is 9.18 Å². The average molecular weight is 611 g/mol. The Morgan fingerprint density at radius 1 is 0.932 bits per heavy atom. The highest BCUT2D eigenvalue weighted by atomic mass is 19.1. The van der Waals surface area contributed by atoms with E-state index in [0.717, 1.165) is 43.0 Å². The van der Waals surface area contributed by atoms with Crippen molar-refractivity contribution in [1.82, 2.24) is 10.6 Å². The van der Waals surface area contributed by atoms with Crippen molar-refractivity contribution in [3.63, 3.8) is 0 Å². The fourth-order valence-corrected chi connectivity index (χ4v) is 5.16.